The molecule has 2 rings (SSSR count). The van der Waals surface area contributed by atoms with E-state index in [9.17, 15) is 13.2 Å². The predicted octanol–water partition coefficient (Wildman–Crippen LogP) is 3.74. The molecule has 0 amide bonds. The van der Waals surface area contributed by atoms with Crippen molar-refractivity contribution in [3.8, 4) is 0 Å². The summed E-state index contributed by atoms with van der Waals surface area (Å²) >= 11 is 0. The van der Waals surface area contributed by atoms with E-state index in [2.05, 4.69) is 22.5 Å². The zero-order chi connectivity index (χ0) is 14.1. The average molecular weight is 273 g/mol. The highest BCUT2D eigenvalue weighted by Gasteiger charge is 2.40. The second kappa shape index (κ2) is 4.90. The van der Waals surface area contributed by atoms with Gasteiger partial charge in [0.15, 0.2) is 0 Å². The van der Waals surface area contributed by atoms with Gasteiger partial charge in [-0.2, -0.15) is 13.2 Å². The van der Waals surface area contributed by atoms with E-state index in [1.807, 2.05) is 0 Å². The molecule has 19 heavy (non-hydrogen) atoms. The number of pyridine rings is 1. The third-order valence-electron chi connectivity index (χ3n) is 3.76. The molecule has 0 aliphatic heterocycles. The van der Waals surface area contributed by atoms with E-state index in [0.717, 1.165) is 31.4 Å². The van der Waals surface area contributed by atoms with Crippen molar-refractivity contribution in [3.63, 3.8) is 0 Å². The van der Waals surface area contributed by atoms with Crippen molar-refractivity contribution in [3.05, 3.63) is 17.7 Å². The zero-order valence-corrected chi connectivity index (χ0v) is 11.1. The lowest BCUT2D eigenvalue weighted by Crippen LogP contribution is -2.16. The maximum atomic E-state index is 12.8. The van der Waals surface area contributed by atoms with E-state index in [0.29, 0.717) is 6.54 Å². The summed E-state index contributed by atoms with van der Waals surface area (Å²) in [4.78, 5) is 4.11. The third kappa shape index (κ3) is 3.30. The van der Waals surface area contributed by atoms with Gasteiger partial charge < -0.3 is 10.6 Å². The number of rotatable bonds is 5. The van der Waals surface area contributed by atoms with Crippen LogP contribution in [0.5, 0.6) is 0 Å². The Kier molecular flexibility index (Phi) is 3.60. The molecule has 1 aliphatic rings. The van der Waals surface area contributed by atoms with Gasteiger partial charge in [-0.15, -0.1) is 0 Å². The molecule has 1 fully saturated rings. The summed E-state index contributed by atoms with van der Waals surface area (Å²) in [7, 11) is 1.56. The predicted molar refractivity (Wildman–Crippen MR) is 69.2 cm³/mol. The summed E-state index contributed by atoms with van der Waals surface area (Å²) in [5.41, 5.74) is -0.425. The molecule has 0 unspecified atom stereocenters. The van der Waals surface area contributed by atoms with Gasteiger partial charge in [0.25, 0.3) is 0 Å². The number of nitrogens with zero attached hydrogens (tertiary/aromatic N) is 1. The molecule has 0 saturated heterocycles. The van der Waals surface area contributed by atoms with Gasteiger partial charge in [-0.1, -0.05) is 6.92 Å². The molecule has 1 aromatic heterocycles. The van der Waals surface area contributed by atoms with Crippen molar-refractivity contribution in [2.75, 3.05) is 24.2 Å². The smallest absolute Gasteiger partial charge is 0.373 e. The minimum atomic E-state index is -4.35. The van der Waals surface area contributed by atoms with Crippen LogP contribution in [-0.4, -0.2) is 18.6 Å². The zero-order valence-electron chi connectivity index (χ0n) is 11.1. The molecule has 1 aromatic rings. The third-order valence-corrected chi connectivity index (χ3v) is 3.76. The van der Waals surface area contributed by atoms with E-state index < -0.39 is 11.7 Å². The van der Waals surface area contributed by atoms with Crippen LogP contribution >= 0.6 is 0 Å². The highest BCUT2D eigenvalue weighted by molar-refractivity contribution is 5.49. The van der Waals surface area contributed by atoms with Crippen molar-refractivity contribution in [1.82, 2.24) is 4.98 Å². The first-order valence-electron chi connectivity index (χ1n) is 6.39. The monoisotopic (exact) mass is 273 g/mol. The van der Waals surface area contributed by atoms with Gasteiger partial charge >= 0.3 is 6.18 Å². The normalized spacial score (nSPS) is 17.1. The van der Waals surface area contributed by atoms with Crippen LogP contribution in [0.25, 0.3) is 0 Å². The van der Waals surface area contributed by atoms with E-state index in [4.69, 9.17) is 0 Å². The Morgan fingerprint density at radius 1 is 1.26 bits per heavy atom. The standard InChI is InChI=1S/C13H18F3N3/c1-3-12(4-5-12)8-18-11-7-9(13(14,15)16)6-10(17-2)19-11/h6-7H,3-5,8H2,1-2H3,(H2,17,18,19). The van der Waals surface area contributed by atoms with Crippen molar-refractivity contribution in [2.24, 2.45) is 5.41 Å². The molecular weight excluding hydrogens is 255 g/mol. The topological polar surface area (TPSA) is 37.0 Å². The quantitative estimate of drug-likeness (QED) is 0.858. The van der Waals surface area contributed by atoms with Crippen LogP contribution in [0.4, 0.5) is 24.8 Å². The largest absolute Gasteiger partial charge is 0.416 e. The summed E-state index contributed by atoms with van der Waals surface area (Å²) in [5, 5.41) is 5.69. The molecule has 2 N–H and O–H groups in total. The average Bonchev–Trinajstić information content (AvgIpc) is 3.15. The van der Waals surface area contributed by atoms with E-state index >= 15 is 0 Å². The molecule has 1 aliphatic carbocycles. The van der Waals surface area contributed by atoms with Crippen LogP contribution < -0.4 is 10.6 Å². The SMILES string of the molecule is CCC1(CNc2cc(C(F)(F)F)cc(NC)n2)CC1. The van der Waals surface area contributed by atoms with Gasteiger partial charge in [0.1, 0.15) is 11.6 Å². The number of halogens is 3. The van der Waals surface area contributed by atoms with E-state index in [1.165, 1.54) is 0 Å². The Morgan fingerprint density at radius 2 is 1.89 bits per heavy atom. The lowest BCUT2D eigenvalue weighted by atomic mass is 10.0. The van der Waals surface area contributed by atoms with Crippen molar-refractivity contribution >= 4 is 11.6 Å². The Bertz CT molecular complexity index is 453. The Hall–Kier alpha value is -1.46. The van der Waals surface area contributed by atoms with Gasteiger partial charge in [-0.3, -0.25) is 0 Å². The highest BCUT2D eigenvalue weighted by Crippen LogP contribution is 2.48. The lowest BCUT2D eigenvalue weighted by molar-refractivity contribution is -0.137. The van der Waals surface area contributed by atoms with Crippen LogP contribution in [0.3, 0.4) is 0 Å². The number of alkyl halides is 3. The second-order valence-corrected chi connectivity index (χ2v) is 5.08. The summed E-state index contributed by atoms with van der Waals surface area (Å²) in [6.07, 6.45) is -1.05. The van der Waals surface area contributed by atoms with Gasteiger partial charge in [0.2, 0.25) is 0 Å². The Balaban J connectivity index is 2.15. The summed E-state index contributed by atoms with van der Waals surface area (Å²) < 4.78 is 38.3. The van der Waals surface area contributed by atoms with Gasteiger partial charge in [-0.25, -0.2) is 4.98 Å². The first kappa shape index (κ1) is 14.0. The van der Waals surface area contributed by atoms with Crippen LogP contribution in [-0.2, 0) is 6.18 Å². The molecule has 0 radical (unpaired) electrons. The summed E-state index contributed by atoms with van der Waals surface area (Å²) in [6.45, 7) is 2.79. The fraction of sp³-hybridized carbons (Fsp3) is 0.615. The van der Waals surface area contributed by atoms with Gasteiger partial charge in [-0.05, 0) is 36.8 Å². The van der Waals surface area contributed by atoms with Crippen molar-refractivity contribution < 1.29 is 13.2 Å². The molecule has 106 valence electrons. The first-order chi connectivity index (χ1) is 8.88. The van der Waals surface area contributed by atoms with E-state index in [-0.39, 0.29) is 17.1 Å². The number of hydrogen-bond acceptors (Lipinski definition) is 3. The van der Waals surface area contributed by atoms with Gasteiger partial charge in [0.05, 0.1) is 5.56 Å². The summed E-state index contributed by atoms with van der Waals surface area (Å²) in [5.74, 6) is 0.498. The Morgan fingerprint density at radius 3 is 2.37 bits per heavy atom. The number of anilines is 2. The van der Waals surface area contributed by atoms with Crippen LogP contribution in [0.15, 0.2) is 12.1 Å². The maximum Gasteiger partial charge on any atom is 0.416 e. The number of nitrogens with one attached hydrogen (secondary N) is 2. The molecule has 1 saturated carbocycles. The molecule has 6 heteroatoms. The number of aromatic nitrogens is 1. The lowest BCUT2D eigenvalue weighted by Gasteiger charge is -2.16. The molecule has 0 spiro atoms. The molecule has 3 nitrogen and oxygen atoms in total. The fourth-order valence-electron chi connectivity index (χ4n) is 2.02. The summed E-state index contributed by atoms with van der Waals surface area (Å²) in [6, 6.07) is 2.07. The second-order valence-electron chi connectivity index (χ2n) is 5.08. The van der Waals surface area contributed by atoms with Crippen molar-refractivity contribution in [2.45, 2.75) is 32.4 Å². The molecule has 0 bridgehead atoms. The minimum Gasteiger partial charge on any atom is -0.373 e. The molecule has 0 atom stereocenters. The van der Waals surface area contributed by atoms with Gasteiger partial charge in [0, 0.05) is 13.6 Å². The van der Waals surface area contributed by atoms with Crippen LogP contribution in [0, 0.1) is 5.41 Å². The maximum absolute atomic E-state index is 12.8. The van der Waals surface area contributed by atoms with Crippen molar-refractivity contribution in [1.29, 1.82) is 0 Å². The first-order valence-corrected chi connectivity index (χ1v) is 6.39. The molecule has 1 heterocycles. The molecular formula is C13H18F3N3. The minimum absolute atomic E-state index is 0.221. The molecule has 0 aromatic carbocycles. The highest BCUT2D eigenvalue weighted by atomic mass is 19.4. The van der Waals surface area contributed by atoms with E-state index in [1.54, 1.807) is 7.05 Å². The van der Waals surface area contributed by atoms with Crippen LogP contribution in [0.2, 0.25) is 0 Å². The number of hydrogen-bond donors (Lipinski definition) is 2. The Labute approximate surface area is 110 Å². The van der Waals surface area contributed by atoms with Crippen LogP contribution in [0.1, 0.15) is 31.7 Å². The fourth-order valence-corrected chi connectivity index (χ4v) is 2.02.